The summed E-state index contributed by atoms with van der Waals surface area (Å²) in [6, 6.07) is 5.79. The first kappa shape index (κ1) is 21.5. The first-order chi connectivity index (χ1) is 13.8. The number of rotatable bonds is 5. The molecule has 158 valence electrons. The predicted molar refractivity (Wildman–Crippen MR) is 109 cm³/mol. The number of sulfonamides is 1. The van der Waals surface area contributed by atoms with Crippen LogP contribution in [0.2, 0.25) is 0 Å². The minimum atomic E-state index is -3.65. The second-order valence-corrected chi connectivity index (χ2v) is 9.44. The molecule has 2 saturated heterocycles. The quantitative estimate of drug-likeness (QED) is 0.540. The summed E-state index contributed by atoms with van der Waals surface area (Å²) in [7, 11) is -3.65. The molecule has 0 unspecified atom stereocenters. The van der Waals surface area contributed by atoms with Gasteiger partial charge >= 0.3 is 5.97 Å². The lowest BCUT2D eigenvalue weighted by atomic mass is 9.95. The van der Waals surface area contributed by atoms with Gasteiger partial charge in [0.1, 0.15) is 0 Å². The van der Waals surface area contributed by atoms with Gasteiger partial charge in [0.05, 0.1) is 17.1 Å². The van der Waals surface area contributed by atoms with Gasteiger partial charge in [-0.05, 0) is 56.9 Å². The SMILES string of the molecule is C=C1CCN(C(=O)C2CCN(S(=O)(=O)c3ccc(C(=O)OCC)cc3)CC2)CC1. The first-order valence-corrected chi connectivity index (χ1v) is 11.5. The zero-order chi connectivity index (χ0) is 21.0. The third kappa shape index (κ3) is 4.87. The van der Waals surface area contributed by atoms with Gasteiger partial charge in [0.2, 0.25) is 15.9 Å². The van der Waals surface area contributed by atoms with Crippen LogP contribution in [0.15, 0.2) is 41.3 Å². The summed E-state index contributed by atoms with van der Waals surface area (Å²) in [6.07, 6.45) is 2.74. The Morgan fingerprint density at radius 2 is 1.66 bits per heavy atom. The number of carbonyl (C=O) groups excluding carboxylic acids is 2. The number of hydrogen-bond donors (Lipinski definition) is 0. The predicted octanol–water partition coefficient (Wildman–Crippen LogP) is 2.44. The molecule has 1 amide bonds. The monoisotopic (exact) mass is 420 g/mol. The van der Waals surface area contributed by atoms with Crippen molar-refractivity contribution in [1.82, 2.24) is 9.21 Å². The molecule has 3 rings (SSSR count). The summed E-state index contributed by atoms with van der Waals surface area (Å²) in [4.78, 5) is 26.5. The van der Waals surface area contributed by atoms with Gasteiger partial charge in [0.15, 0.2) is 0 Å². The van der Waals surface area contributed by atoms with Crippen molar-refractivity contribution in [2.75, 3.05) is 32.8 Å². The molecule has 0 N–H and O–H groups in total. The highest BCUT2D eigenvalue weighted by Crippen LogP contribution is 2.27. The molecule has 0 bridgehead atoms. The summed E-state index contributed by atoms with van der Waals surface area (Å²) < 4.78 is 32.2. The summed E-state index contributed by atoms with van der Waals surface area (Å²) in [5, 5.41) is 0. The molecule has 2 aliphatic rings. The van der Waals surface area contributed by atoms with Gasteiger partial charge in [-0.2, -0.15) is 4.31 Å². The van der Waals surface area contributed by atoms with Crippen LogP contribution < -0.4 is 0 Å². The molecule has 2 fully saturated rings. The molecule has 0 atom stereocenters. The Labute approximate surface area is 172 Å². The Morgan fingerprint density at radius 1 is 1.07 bits per heavy atom. The second kappa shape index (κ2) is 9.09. The molecule has 0 aliphatic carbocycles. The highest BCUT2D eigenvalue weighted by atomic mass is 32.2. The summed E-state index contributed by atoms with van der Waals surface area (Å²) >= 11 is 0. The maximum absolute atomic E-state index is 12.9. The van der Waals surface area contributed by atoms with Crippen molar-refractivity contribution in [3.05, 3.63) is 42.0 Å². The van der Waals surface area contributed by atoms with Crippen molar-refractivity contribution in [2.45, 2.75) is 37.5 Å². The molecule has 1 aromatic rings. The fourth-order valence-corrected chi connectivity index (χ4v) is 5.24. The largest absolute Gasteiger partial charge is 0.462 e. The second-order valence-electron chi connectivity index (χ2n) is 7.50. The van der Waals surface area contributed by atoms with Crippen molar-refractivity contribution < 1.29 is 22.7 Å². The number of benzene rings is 1. The fourth-order valence-electron chi connectivity index (χ4n) is 3.77. The van der Waals surface area contributed by atoms with E-state index >= 15 is 0 Å². The highest BCUT2D eigenvalue weighted by Gasteiger charge is 2.34. The normalized spacial score (nSPS) is 19.2. The lowest BCUT2D eigenvalue weighted by molar-refractivity contribution is -0.137. The lowest BCUT2D eigenvalue weighted by Gasteiger charge is -2.35. The van der Waals surface area contributed by atoms with Gasteiger partial charge in [0.25, 0.3) is 0 Å². The van der Waals surface area contributed by atoms with Gasteiger partial charge in [-0.1, -0.05) is 12.2 Å². The molecule has 0 saturated carbocycles. The molecular weight excluding hydrogens is 392 g/mol. The van der Waals surface area contributed by atoms with Crippen LogP contribution in [0, 0.1) is 5.92 Å². The number of carbonyl (C=O) groups is 2. The van der Waals surface area contributed by atoms with Crippen LogP contribution in [-0.4, -0.2) is 62.3 Å². The Hall–Kier alpha value is -2.19. The smallest absolute Gasteiger partial charge is 0.338 e. The maximum atomic E-state index is 12.9. The minimum absolute atomic E-state index is 0.126. The zero-order valence-electron chi connectivity index (χ0n) is 16.8. The van der Waals surface area contributed by atoms with Crippen LogP contribution in [0.3, 0.4) is 0 Å². The number of hydrogen-bond acceptors (Lipinski definition) is 5. The highest BCUT2D eigenvalue weighted by molar-refractivity contribution is 7.89. The summed E-state index contributed by atoms with van der Waals surface area (Å²) in [5.74, 6) is -0.468. The molecule has 8 heteroatoms. The van der Waals surface area contributed by atoms with Crippen molar-refractivity contribution in [3.8, 4) is 0 Å². The van der Waals surface area contributed by atoms with Crippen LogP contribution in [0.1, 0.15) is 43.0 Å². The zero-order valence-corrected chi connectivity index (χ0v) is 17.6. The standard InChI is InChI=1S/C21H28N2O5S/c1-3-28-21(25)18-4-6-19(7-5-18)29(26,27)23-14-10-17(11-15-23)20(24)22-12-8-16(2)9-13-22/h4-7,17H,2-3,8-15H2,1H3. The Balaban J connectivity index is 1.60. The molecule has 7 nitrogen and oxygen atoms in total. The number of piperidine rings is 2. The molecule has 0 spiro atoms. The van der Waals surface area contributed by atoms with E-state index in [0.29, 0.717) is 44.6 Å². The summed E-state index contributed by atoms with van der Waals surface area (Å²) in [6.45, 7) is 8.01. The fraction of sp³-hybridized carbons (Fsp3) is 0.524. The third-order valence-electron chi connectivity index (χ3n) is 5.59. The summed E-state index contributed by atoms with van der Waals surface area (Å²) in [5.41, 5.74) is 1.50. The third-order valence-corrected chi connectivity index (χ3v) is 7.50. The van der Waals surface area contributed by atoms with Gasteiger partial charge in [-0.25, -0.2) is 13.2 Å². The molecular formula is C21H28N2O5S. The van der Waals surface area contributed by atoms with Crippen molar-refractivity contribution in [2.24, 2.45) is 5.92 Å². The molecule has 2 aliphatic heterocycles. The van der Waals surface area contributed by atoms with E-state index in [1.165, 1.54) is 34.1 Å². The van der Waals surface area contributed by atoms with Crippen LogP contribution in [0.25, 0.3) is 0 Å². The van der Waals surface area contributed by atoms with E-state index in [4.69, 9.17) is 4.74 Å². The lowest BCUT2D eigenvalue weighted by Crippen LogP contribution is -2.45. The van der Waals surface area contributed by atoms with E-state index in [9.17, 15) is 18.0 Å². The van der Waals surface area contributed by atoms with E-state index in [1.54, 1.807) is 6.92 Å². The maximum Gasteiger partial charge on any atom is 0.338 e. The van der Waals surface area contributed by atoms with Gasteiger partial charge in [-0.3, -0.25) is 4.79 Å². The van der Waals surface area contributed by atoms with Gasteiger partial charge in [-0.15, -0.1) is 0 Å². The van der Waals surface area contributed by atoms with E-state index in [-0.39, 0.29) is 23.3 Å². The molecule has 2 heterocycles. The minimum Gasteiger partial charge on any atom is -0.462 e. The van der Waals surface area contributed by atoms with Crippen molar-refractivity contribution >= 4 is 21.9 Å². The average molecular weight is 421 g/mol. The molecule has 0 aromatic heterocycles. The topological polar surface area (TPSA) is 84.0 Å². The Kier molecular flexibility index (Phi) is 6.74. The average Bonchev–Trinajstić information content (AvgIpc) is 2.74. The molecule has 29 heavy (non-hydrogen) atoms. The molecule has 0 radical (unpaired) electrons. The molecule has 1 aromatic carbocycles. The van der Waals surface area contributed by atoms with Gasteiger partial charge < -0.3 is 9.64 Å². The van der Waals surface area contributed by atoms with Crippen LogP contribution in [0.5, 0.6) is 0 Å². The van der Waals surface area contributed by atoms with E-state index in [0.717, 1.165) is 12.8 Å². The Bertz CT molecular complexity index is 861. The number of amides is 1. The van der Waals surface area contributed by atoms with E-state index in [1.807, 2.05) is 4.90 Å². The number of likely N-dealkylation sites (tertiary alicyclic amines) is 1. The van der Waals surface area contributed by atoms with Gasteiger partial charge in [0, 0.05) is 32.1 Å². The number of esters is 1. The van der Waals surface area contributed by atoms with Crippen LogP contribution in [0.4, 0.5) is 0 Å². The Morgan fingerprint density at radius 3 is 2.21 bits per heavy atom. The van der Waals surface area contributed by atoms with Crippen molar-refractivity contribution in [1.29, 1.82) is 0 Å². The number of nitrogens with zero attached hydrogens (tertiary/aromatic N) is 2. The van der Waals surface area contributed by atoms with Crippen molar-refractivity contribution in [3.63, 3.8) is 0 Å². The van der Waals surface area contributed by atoms with Crippen LogP contribution >= 0.6 is 0 Å². The van der Waals surface area contributed by atoms with E-state index < -0.39 is 16.0 Å². The van der Waals surface area contributed by atoms with E-state index in [2.05, 4.69) is 6.58 Å². The number of ether oxygens (including phenoxy) is 1. The van der Waals surface area contributed by atoms with Crippen LogP contribution in [-0.2, 0) is 19.6 Å². The first-order valence-electron chi connectivity index (χ1n) is 10.1.